The first-order valence-corrected chi connectivity index (χ1v) is 8.87. The summed E-state index contributed by atoms with van der Waals surface area (Å²) >= 11 is 7.50. The molecule has 2 amide bonds. The molecule has 2 N–H and O–H groups in total. The third kappa shape index (κ3) is 4.43. The number of anilines is 2. The van der Waals surface area contributed by atoms with Gasteiger partial charge in [-0.2, -0.15) is 0 Å². The van der Waals surface area contributed by atoms with Crippen molar-refractivity contribution in [2.45, 2.75) is 26.3 Å². The van der Waals surface area contributed by atoms with Crippen LogP contribution >= 0.6 is 22.9 Å². The predicted molar refractivity (Wildman–Crippen MR) is 95.5 cm³/mol. The van der Waals surface area contributed by atoms with Gasteiger partial charge in [0.1, 0.15) is 0 Å². The molecule has 1 fully saturated rings. The zero-order valence-electron chi connectivity index (χ0n) is 12.9. The van der Waals surface area contributed by atoms with Crippen LogP contribution in [0.3, 0.4) is 0 Å². The number of halogens is 1. The Morgan fingerprint density at radius 1 is 1.35 bits per heavy atom. The second-order valence-corrected chi connectivity index (χ2v) is 6.94. The Kier molecular flexibility index (Phi) is 5.15. The third-order valence-electron chi connectivity index (χ3n) is 3.79. The molecule has 1 saturated heterocycles. The Labute approximate surface area is 144 Å². The molecule has 1 aliphatic heterocycles. The summed E-state index contributed by atoms with van der Waals surface area (Å²) in [5.41, 5.74) is 2.64. The summed E-state index contributed by atoms with van der Waals surface area (Å²) < 4.78 is 0. The number of hydrogen-bond acceptors (Lipinski definition) is 4. The van der Waals surface area contributed by atoms with Gasteiger partial charge in [-0.15, -0.1) is 11.3 Å². The Hall–Kier alpha value is -1.63. The molecule has 0 spiro atoms. The van der Waals surface area contributed by atoms with E-state index in [2.05, 4.69) is 20.5 Å². The summed E-state index contributed by atoms with van der Waals surface area (Å²) in [4.78, 5) is 18.9. The SMILES string of the molecule is Cc1ccc(NC(=O)Nc2nc(CN3CCCC3)cs2)cc1Cl. The first kappa shape index (κ1) is 16.2. The fourth-order valence-corrected chi connectivity index (χ4v) is 3.41. The number of hydrogen-bond donors (Lipinski definition) is 2. The number of amides is 2. The van der Waals surface area contributed by atoms with E-state index in [9.17, 15) is 4.79 Å². The van der Waals surface area contributed by atoms with E-state index < -0.39 is 0 Å². The highest BCUT2D eigenvalue weighted by Gasteiger charge is 2.14. The minimum Gasteiger partial charge on any atom is -0.308 e. The molecule has 2 heterocycles. The van der Waals surface area contributed by atoms with Gasteiger partial charge in [0.2, 0.25) is 0 Å². The number of rotatable bonds is 4. The molecule has 5 nitrogen and oxygen atoms in total. The van der Waals surface area contributed by atoms with Crippen molar-refractivity contribution in [3.63, 3.8) is 0 Å². The maximum atomic E-state index is 12.0. The van der Waals surface area contributed by atoms with E-state index in [4.69, 9.17) is 11.6 Å². The minimum atomic E-state index is -0.313. The second kappa shape index (κ2) is 7.29. The number of nitrogens with one attached hydrogen (secondary N) is 2. The number of nitrogens with zero attached hydrogens (tertiary/aromatic N) is 2. The first-order chi connectivity index (χ1) is 11.1. The molecule has 1 aliphatic rings. The lowest BCUT2D eigenvalue weighted by atomic mass is 10.2. The molecule has 7 heteroatoms. The van der Waals surface area contributed by atoms with Crippen molar-refractivity contribution in [1.29, 1.82) is 0 Å². The third-order valence-corrected chi connectivity index (χ3v) is 5.00. The number of benzene rings is 1. The quantitative estimate of drug-likeness (QED) is 0.862. The van der Waals surface area contributed by atoms with Gasteiger partial charge >= 0.3 is 6.03 Å². The molecule has 0 saturated carbocycles. The number of likely N-dealkylation sites (tertiary alicyclic amines) is 1. The van der Waals surface area contributed by atoms with Crippen LogP contribution in [0.25, 0.3) is 0 Å². The van der Waals surface area contributed by atoms with Crippen molar-refractivity contribution in [3.05, 3.63) is 39.9 Å². The lowest BCUT2D eigenvalue weighted by molar-refractivity contribution is 0.262. The second-order valence-electron chi connectivity index (χ2n) is 5.67. The summed E-state index contributed by atoms with van der Waals surface area (Å²) in [6.07, 6.45) is 2.52. The molecule has 0 radical (unpaired) electrons. The molecule has 1 aromatic heterocycles. The number of aryl methyl sites for hydroxylation is 1. The van der Waals surface area contributed by atoms with E-state index in [1.165, 1.54) is 24.2 Å². The summed E-state index contributed by atoms with van der Waals surface area (Å²) in [6.45, 7) is 5.04. The van der Waals surface area contributed by atoms with Crippen molar-refractivity contribution in [1.82, 2.24) is 9.88 Å². The minimum absolute atomic E-state index is 0.313. The summed E-state index contributed by atoms with van der Waals surface area (Å²) in [5, 5.41) is 8.76. The molecule has 0 aliphatic carbocycles. The first-order valence-electron chi connectivity index (χ1n) is 7.61. The number of thiazole rings is 1. The van der Waals surface area contributed by atoms with Crippen molar-refractivity contribution in [2.75, 3.05) is 23.7 Å². The monoisotopic (exact) mass is 350 g/mol. The van der Waals surface area contributed by atoms with Crippen LogP contribution in [-0.2, 0) is 6.54 Å². The van der Waals surface area contributed by atoms with Gasteiger partial charge < -0.3 is 5.32 Å². The molecule has 1 aromatic carbocycles. The average molecular weight is 351 g/mol. The molecular weight excluding hydrogens is 332 g/mol. The van der Waals surface area contributed by atoms with Gasteiger partial charge in [-0.05, 0) is 50.6 Å². The van der Waals surface area contributed by atoms with Gasteiger partial charge in [-0.1, -0.05) is 17.7 Å². The van der Waals surface area contributed by atoms with Crippen molar-refractivity contribution in [2.24, 2.45) is 0 Å². The van der Waals surface area contributed by atoms with Crippen LogP contribution < -0.4 is 10.6 Å². The van der Waals surface area contributed by atoms with Gasteiger partial charge in [-0.3, -0.25) is 10.2 Å². The fourth-order valence-electron chi connectivity index (χ4n) is 2.54. The highest BCUT2D eigenvalue weighted by molar-refractivity contribution is 7.13. The lowest BCUT2D eigenvalue weighted by Crippen LogP contribution is -2.20. The van der Waals surface area contributed by atoms with Crippen LogP contribution in [0.2, 0.25) is 5.02 Å². The zero-order chi connectivity index (χ0) is 16.2. The average Bonchev–Trinajstić information content (AvgIpc) is 3.16. The number of carbonyl (C=O) groups is 1. The van der Waals surface area contributed by atoms with Gasteiger partial charge in [0, 0.05) is 22.6 Å². The number of aromatic nitrogens is 1. The molecule has 0 unspecified atom stereocenters. The molecule has 2 aromatic rings. The Morgan fingerprint density at radius 3 is 2.87 bits per heavy atom. The van der Waals surface area contributed by atoms with Gasteiger partial charge in [0.15, 0.2) is 5.13 Å². The van der Waals surface area contributed by atoms with Crippen molar-refractivity contribution in [3.8, 4) is 0 Å². The predicted octanol–water partition coefficient (Wildman–Crippen LogP) is 4.34. The summed E-state index contributed by atoms with van der Waals surface area (Å²) in [6, 6.07) is 5.11. The van der Waals surface area contributed by atoms with E-state index in [1.54, 1.807) is 6.07 Å². The van der Waals surface area contributed by atoms with Crippen LogP contribution in [0.5, 0.6) is 0 Å². The van der Waals surface area contributed by atoms with Crippen LogP contribution in [0.4, 0.5) is 15.6 Å². The fraction of sp³-hybridized carbons (Fsp3) is 0.375. The van der Waals surface area contributed by atoms with E-state index >= 15 is 0 Å². The van der Waals surface area contributed by atoms with Crippen LogP contribution in [-0.4, -0.2) is 29.0 Å². The smallest absolute Gasteiger partial charge is 0.308 e. The van der Waals surface area contributed by atoms with Gasteiger partial charge in [0.05, 0.1) is 5.69 Å². The molecule has 0 bridgehead atoms. The van der Waals surface area contributed by atoms with Crippen LogP contribution in [0.1, 0.15) is 24.1 Å². The van der Waals surface area contributed by atoms with Crippen molar-refractivity contribution < 1.29 is 4.79 Å². The van der Waals surface area contributed by atoms with Crippen molar-refractivity contribution >= 4 is 39.8 Å². The number of carbonyl (C=O) groups excluding carboxylic acids is 1. The largest absolute Gasteiger partial charge is 0.325 e. The van der Waals surface area contributed by atoms with Gasteiger partial charge in [0.25, 0.3) is 0 Å². The summed E-state index contributed by atoms with van der Waals surface area (Å²) in [7, 11) is 0. The molecule has 23 heavy (non-hydrogen) atoms. The Bertz CT molecular complexity index is 697. The van der Waals surface area contributed by atoms with E-state index in [1.807, 2.05) is 24.4 Å². The maximum absolute atomic E-state index is 12.0. The Balaban J connectivity index is 1.55. The number of urea groups is 1. The van der Waals surface area contributed by atoms with Crippen LogP contribution in [0.15, 0.2) is 23.6 Å². The van der Waals surface area contributed by atoms with E-state index in [0.717, 1.165) is 30.9 Å². The topological polar surface area (TPSA) is 57.3 Å². The lowest BCUT2D eigenvalue weighted by Gasteiger charge is -2.11. The van der Waals surface area contributed by atoms with Gasteiger partial charge in [-0.25, -0.2) is 9.78 Å². The molecule has 122 valence electrons. The maximum Gasteiger partial charge on any atom is 0.325 e. The standard InChI is InChI=1S/C16H19ClN4OS/c1-11-4-5-12(8-14(11)17)18-15(22)20-16-19-13(10-23-16)9-21-6-2-3-7-21/h4-5,8,10H,2-3,6-7,9H2,1H3,(H2,18,19,20,22). The van der Waals surface area contributed by atoms with Crippen LogP contribution in [0, 0.1) is 6.92 Å². The summed E-state index contributed by atoms with van der Waals surface area (Å²) in [5.74, 6) is 0. The Morgan fingerprint density at radius 2 is 2.13 bits per heavy atom. The highest BCUT2D eigenvalue weighted by Crippen LogP contribution is 2.21. The zero-order valence-corrected chi connectivity index (χ0v) is 14.5. The van der Waals surface area contributed by atoms with E-state index in [0.29, 0.717) is 15.8 Å². The highest BCUT2D eigenvalue weighted by atomic mass is 35.5. The normalized spacial score (nSPS) is 14.9. The molecule has 3 rings (SSSR count). The molecular formula is C16H19ClN4OS. The van der Waals surface area contributed by atoms with E-state index in [-0.39, 0.29) is 6.03 Å². The molecule has 0 atom stereocenters.